The largest absolute Gasteiger partial charge is 0.481 e. The summed E-state index contributed by atoms with van der Waals surface area (Å²) in [7, 11) is -7.06. The van der Waals surface area contributed by atoms with Gasteiger partial charge >= 0.3 is 24.3 Å². The maximum atomic E-state index is 13.6. The highest BCUT2D eigenvalue weighted by atomic mass is 35.5. The zero-order valence-corrected chi connectivity index (χ0v) is 38.6. The number of aromatic nitrogens is 4. The van der Waals surface area contributed by atoms with Crippen LogP contribution in [0, 0.1) is 0 Å². The molecule has 0 fully saturated rings. The Morgan fingerprint density at radius 1 is 0.580 bits per heavy atom. The fourth-order valence-corrected chi connectivity index (χ4v) is 10.3. The number of alkyl halides is 6. The molecule has 0 unspecified atom stereocenters. The molecule has 0 aliphatic carbocycles. The number of fused-ring (bicyclic) bond motifs is 2. The molecule has 0 bridgehead atoms. The van der Waals surface area contributed by atoms with Crippen LogP contribution in [-0.4, -0.2) is 58.9 Å². The quantitative estimate of drug-likeness (QED) is 0.0918. The number of carboxylic acids is 1. The summed E-state index contributed by atoms with van der Waals surface area (Å²) in [5, 5.41) is 10.9. The highest BCUT2D eigenvalue weighted by molar-refractivity contribution is 7.90. The SMILES string of the molecule is COC(=O)CCc1cn(S(=O)(=O)c2cncc(-c3ccc(C(F)(F)F)cc3)c2)c2ccc(Cl)cc12.O=C(O)CCc1cn(S(=O)(=O)c2cncc(-c3ccc(C(F)(F)F)cc3)c2)c2ccc(Cl)cc12. The Hall–Kier alpha value is -6.74. The number of carbonyl (C=O) groups excluding carboxylic acids is 1. The molecule has 0 saturated carbocycles. The van der Waals surface area contributed by atoms with Crippen LogP contribution < -0.4 is 0 Å². The third kappa shape index (κ3) is 11.1. The molecular formula is C47H34Cl2F6N4O8S2. The van der Waals surface area contributed by atoms with Crippen molar-refractivity contribution in [3.63, 3.8) is 0 Å². The predicted octanol–water partition coefficient (Wildman–Crippen LogP) is 11.3. The van der Waals surface area contributed by atoms with Crippen LogP contribution in [-0.2, 0) is 59.6 Å². The maximum absolute atomic E-state index is 13.6. The molecule has 0 aliphatic heterocycles. The van der Waals surface area contributed by atoms with Gasteiger partial charge in [-0.1, -0.05) is 47.5 Å². The molecule has 0 spiro atoms. The van der Waals surface area contributed by atoms with Crippen LogP contribution in [0.15, 0.2) is 144 Å². The second-order valence-corrected chi connectivity index (χ2v) is 19.7. The average Bonchev–Trinajstić information content (AvgIpc) is 3.88. The highest BCUT2D eigenvalue weighted by Gasteiger charge is 2.31. The second kappa shape index (κ2) is 19.7. The molecular weight excluding hydrogens is 998 g/mol. The lowest BCUT2D eigenvalue weighted by Crippen LogP contribution is -2.12. The maximum Gasteiger partial charge on any atom is 0.416 e. The number of ether oxygens (including phenoxy) is 1. The molecule has 8 aromatic rings. The molecule has 4 heterocycles. The number of halogens is 8. The number of methoxy groups -OCH3 is 1. The Morgan fingerprint density at radius 2 is 0.971 bits per heavy atom. The van der Waals surface area contributed by atoms with E-state index in [4.69, 9.17) is 28.3 Å². The summed E-state index contributed by atoms with van der Waals surface area (Å²) in [5.41, 5.74) is 1.52. The van der Waals surface area contributed by atoms with Crippen LogP contribution in [0.5, 0.6) is 0 Å². The van der Waals surface area contributed by atoms with Crippen LogP contribution in [0.2, 0.25) is 10.0 Å². The van der Waals surface area contributed by atoms with E-state index in [0.29, 0.717) is 65.2 Å². The standard InChI is InChI=1S/C24H18ClF3N2O4S.C23H16ClF3N2O4S/c1-34-23(31)9-4-16-14-30(22-8-7-19(25)11-21(16)22)35(32,33)20-10-17(12-29-13-20)15-2-5-18(6-3-15)24(26,27)28;24-18-6-7-21-20(10-18)15(3-8-22(30)31)13-29(21)34(32,33)19-9-16(11-28-12-19)14-1-4-17(5-2-14)23(25,26)27/h2-3,5-8,10-14H,4,9H2,1H3;1-2,4-7,9-13H,3,8H2,(H,30,31). The van der Waals surface area contributed by atoms with E-state index in [-0.39, 0.29) is 35.5 Å². The zero-order chi connectivity index (χ0) is 50.1. The van der Waals surface area contributed by atoms with Gasteiger partial charge in [-0.25, -0.2) is 24.8 Å². The van der Waals surface area contributed by atoms with Crippen molar-refractivity contribution in [1.82, 2.24) is 17.9 Å². The van der Waals surface area contributed by atoms with Crippen molar-refractivity contribution >= 4 is 77.0 Å². The van der Waals surface area contributed by atoms with Gasteiger partial charge in [0.25, 0.3) is 20.0 Å². The van der Waals surface area contributed by atoms with Gasteiger partial charge in [-0.3, -0.25) is 19.6 Å². The fourth-order valence-electron chi connectivity index (χ4n) is 7.22. The number of hydrogen-bond acceptors (Lipinski definition) is 9. The minimum absolute atomic E-state index is 0.0487. The van der Waals surface area contributed by atoms with Crippen LogP contribution in [0.3, 0.4) is 0 Å². The van der Waals surface area contributed by atoms with Crippen molar-refractivity contribution in [2.45, 2.75) is 47.8 Å². The lowest BCUT2D eigenvalue weighted by Gasteiger charge is -2.10. The molecule has 4 aromatic carbocycles. The number of aliphatic carboxylic acids is 1. The van der Waals surface area contributed by atoms with Crippen molar-refractivity contribution in [2.24, 2.45) is 0 Å². The van der Waals surface area contributed by atoms with Crippen LogP contribution in [0.4, 0.5) is 26.3 Å². The minimum atomic E-state index is -4.49. The van der Waals surface area contributed by atoms with Gasteiger partial charge in [0.15, 0.2) is 0 Å². The first-order valence-corrected chi connectivity index (χ1v) is 23.7. The van der Waals surface area contributed by atoms with E-state index in [1.807, 2.05) is 0 Å². The molecule has 12 nitrogen and oxygen atoms in total. The Labute approximate surface area is 399 Å². The van der Waals surface area contributed by atoms with Gasteiger partial charge in [-0.05, 0) is 108 Å². The first kappa shape index (κ1) is 50.1. The normalized spacial score (nSPS) is 12.2. The summed E-state index contributed by atoms with van der Waals surface area (Å²) in [5.74, 6) is -1.47. The smallest absolute Gasteiger partial charge is 0.416 e. The minimum Gasteiger partial charge on any atom is -0.481 e. The van der Waals surface area contributed by atoms with E-state index >= 15 is 0 Å². The number of carboxylic acid groups (broad SMARTS) is 1. The summed E-state index contributed by atoms with van der Waals surface area (Å²) in [6.07, 6.45) is -0.984. The molecule has 4 aromatic heterocycles. The third-order valence-corrected chi connectivity index (χ3v) is 14.4. The van der Waals surface area contributed by atoms with Gasteiger partial charge in [-0.2, -0.15) is 26.3 Å². The van der Waals surface area contributed by atoms with Crippen LogP contribution in [0.1, 0.15) is 35.1 Å². The Kier molecular flexibility index (Phi) is 14.3. The van der Waals surface area contributed by atoms with Crippen molar-refractivity contribution in [2.75, 3.05) is 7.11 Å². The summed E-state index contributed by atoms with van der Waals surface area (Å²) in [4.78, 5) is 30.3. The Bertz CT molecular complexity index is 3470. The van der Waals surface area contributed by atoms with Gasteiger partial charge < -0.3 is 9.84 Å². The Balaban J connectivity index is 0.000000204. The summed E-state index contributed by atoms with van der Waals surface area (Å²) >= 11 is 12.2. The lowest BCUT2D eigenvalue weighted by molar-refractivity contribution is -0.141. The van der Waals surface area contributed by atoms with Gasteiger partial charge in [0.2, 0.25) is 0 Å². The first-order valence-electron chi connectivity index (χ1n) is 20.1. The molecule has 358 valence electrons. The second-order valence-electron chi connectivity index (χ2n) is 15.2. The zero-order valence-electron chi connectivity index (χ0n) is 35.5. The summed E-state index contributed by atoms with van der Waals surface area (Å²) in [6, 6.07) is 20.7. The number of pyridine rings is 2. The van der Waals surface area contributed by atoms with Gasteiger partial charge in [0.05, 0.1) is 29.3 Å². The summed E-state index contributed by atoms with van der Waals surface area (Å²) < 4.78 is 138. The molecule has 0 saturated heterocycles. The average molecular weight is 1030 g/mol. The fraction of sp³-hybridized carbons (Fsp3) is 0.149. The van der Waals surface area contributed by atoms with E-state index < -0.39 is 55.5 Å². The number of benzene rings is 4. The number of esters is 1. The van der Waals surface area contributed by atoms with E-state index in [2.05, 4.69) is 14.7 Å². The van der Waals surface area contributed by atoms with Crippen LogP contribution in [0.25, 0.3) is 44.1 Å². The molecule has 0 atom stereocenters. The van der Waals surface area contributed by atoms with Crippen molar-refractivity contribution in [3.8, 4) is 22.3 Å². The number of nitrogens with zero attached hydrogens (tertiary/aromatic N) is 4. The van der Waals surface area contributed by atoms with Crippen molar-refractivity contribution in [3.05, 3.63) is 167 Å². The molecule has 8 rings (SSSR count). The Morgan fingerprint density at radius 3 is 1.33 bits per heavy atom. The van der Waals surface area contributed by atoms with Crippen molar-refractivity contribution < 1.29 is 62.6 Å². The molecule has 0 aliphatic rings. The first-order chi connectivity index (χ1) is 32.5. The third-order valence-electron chi connectivity index (χ3n) is 10.7. The van der Waals surface area contributed by atoms with Gasteiger partial charge in [-0.15, -0.1) is 0 Å². The number of carbonyl (C=O) groups is 2. The number of hydrogen-bond donors (Lipinski definition) is 1. The van der Waals surface area contributed by atoms with Gasteiger partial charge in [0.1, 0.15) is 9.79 Å². The number of aryl methyl sites for hydroxylation is 2. The van der Waals surface area contributed by atoms with E-state index in [1.54, 1.807) is 24.3 Å². The molecule has 69 heavy (non-hydrogen) atoms. The van der Waals surface area contributed by atoms with E-state index in [1.165, 1.54) is 86.6 Å². The molecule has 0 amide bonds. The topological polar surface area (TPSA) is 168 Å². The summed E-state index contributed by atoms with van der Waals surface area (Å²) in [6.45, 7) is 0. The number of rotatable bonds is 12. The van der Waals surface area contributed by atoms with Crippen LogP contribution >= 0.6 is 23.2 Å². The molecule has 22 heteroatoms. The predicted molar refractivity (Wildman–Crippen MR) is 245 cm³/mol. The highest BCUT2D eigenvalue weighted by Crippen LogP contribution is 2.35. The van der Waals surface area contributed by atoms with Gasteiger partial charge in [0, 0.05) is 82.0 Å². The van der Waals surface area contributed by atoms with E-state index in [0.717, 1.165) is 38.4 Å². The van der Waals surface area contributed by atoms with E-state index in [9.17, 15) is 52.8 Å². The molecule has 0 radical (unpaired) electrons. The molecule has 1 N–H and O–H groups in total. The lowest BCUT2D eigenvalue weighted by atomic mass is 10.1. The monoisotopic (exact) mass is 1030 g/mol. The van der Waals surface area contributed by atoms with Crippen molar-refractivity contribution in [1.29, 1.82) is 0 Å².